The van der Waals surface area contributed by atoms with Crippen LogP contribution in [0, 0.1) is 17.8 Å². The second-order valence-corrected chi connectivity index (χ2v) is 8.04. The molecule has 142 valence electrons. The van der Waals surface area contributed by atoms with Crippen LogP contribution in [0.4, 0.5) is 0 Å². The molecule has 0 aromatic carbocycles. The van der Waals surface area contributed by atoms with Gasteiger partial charge in [-0.05, 0) is 37.5 Å². The first-order valence-corrected chi connectivity index (χ1v) is 10.2. The van der Waals surface area contributed by atoms with Gasteiger partial charge in [-0.25, -0.2) is 4.79 Å². The summed E-state index contributed by atoms with van der Waals surface area (Å²) < 4.78 is 5.18. The summed E-state index contributed by atoms with van der Waals surface area (Å²) in [6.07, 6.45) is 13.2. The van der Waals surface area contributed by atoms with Gasteiger partial charge in [0.1, 0.15) is 0 Å². The van der Waals surface area contributed by atoms with Crippen molar-refractivity contribution >= 4 is 5.97 Å². The Morgan fingerprint density at radius 1 is 0.875 bits per heavy atom. The first-order valence-electron chi connectivity index (χ1n) is 10.2. The maximum atomic E-state index is 11.3. The third-order valence-corrected chi connectivity index (χ3v) is 4.95. The first kappa shape index (κ1) is 23.2. The summed E-state index contributed by atoms with van der Waals surface area (Å²) in [4.78, 5) is 11.3. The molecular formula is C22H42O2. The number of hydrogen-bond acceptors (Lipinski definition) is 2. The smallest absolute Gasteiger partial charge is 0.333 e. The molecular weight excluding hydrogens is 296 g/mol. The standard InChI is InChI=1S/C22H42O2/c1-7-8-9-10-11-12-20(5)17-21(6)14-13-19(4)15-16-24-22(23)18(2)3/h19-21H,2,7-17H2,1,3-6H3. The molecule has 0 heterocycles. The highest BCUT2D eigenvalue weighted by atomic mass is 16.5. The van der Waals surface area contributed by atoms with Crippen LogP contribution in [0.25, 0.3) is 0 Å². The van der Waals surface area contributed by atoms with Crippen molar-refractivity contribution in [2.24, 2.45) is 17.8 Å². The third-order valence-electron chi connectivity index (χ3n) is 4.95. The van der Waals surface area contributed by atoms with E-state index >= 15 is 0 Å². The second-order valence-electron chi connectivity index (χ2n) is 8.04. The minimum Gasteiger partial charge on any atom is -0.462 e. The predicted octanol–water partition coefficient (Wildman–Crippen LogP) is 6.93. The van der Waals surface area contributed by atoms with Crippen LogP contribution in [-0.2, 0) is 9.53 Å². The maximum Gasteiger partial charge on any atom is 0.333 e. The van der Waals surface area contributed by atoms with Crippen LogP contribution >= 0.6 is 0 Å². The Bertz CT molecular complexity index is 335. The first-order chi connectivity index (χ1) is 11.4. The van der Waals surface area contributed by atoms with Gasteiger partial charge in [0, 0.05) is 5.57 Å². The van der Waals surface area contributed by atoms with Gasteiger partial charge in [-0.3, -0.25) is 0 Å². The average Bonchev–Trinajstić information content (AvgIpc) is 2.52. The molecule has 0 amide bonds. The summed E-state index contributed by atoms with van der Waals surface area (Å²) in [5.74, 6) is 2.02. The monoisotopic (exact) mass is 338 g/mol. The van der Waals surface area contributed by atoms with Crippen molar-refractivity contribution in [3.05, 3.63) is 12.2 Å². The molecule has 0 aromatic heterocycles. The van der Waals surface area contributed by atoms with Crippen LogP contribution in [0.5, 0.6) is 0 Å². The number of hydrogen-bond donors (Lipinski definition) is 0. The predicted molar refractivity (Wildman–Crippen MR) is 105 cm³/mol. The molecule has 0 spiro atoms. The van der Waals surface area contributed by atoms with Crippen molar-refractivity contribution in [2.75, 3.05) is 6.61 Å². The summed E-state index contributed by atoms with van der Waals surface area (Å²) in [5, 5.41) is 0. The molecule has 0 fully saturated rings. The molecule has 2 heteroatoms. The van der Waals surface area contributed by atoms with Gasteiger partial charge in [0.15, 0.2) is 0 Å². The summed E-state index contributed by atoms with van der Waals surface area (Å²) >= 11 is 0. The molecule has 0 saturated heterocycles. The summed E-state index contributed by atoms with van der Waals surface area (Å²) in [6.45, 7) is 15.2. The van der Waals surface area contributed by atoms with Crippen LogP contribution in [-0.4, -0.2) is 12.6 Å². The van der Waals surface area contributed by atoms with Gasteiger partial charge in [0.05, 0.1) is 6.61 Å². The SMILES string of the molecule is C=C(C)C(=O)OCCC(C)CCC(C)CC(C)CCCCCCC. The summed E-state index contributed by atoms with van der Waals surface area (Å²) in [5.41, 5.74) is 0.486. The Morgan fingerprint density at radius 3 is 2.08 bits per heavy atom. The summed E-state index contributed by atoms with van der Waals surface area (Å²) in [7, 11) is 0. The van der Waals surface area contributed by atoms with E-state index in [0.717, 1.165) is 18.3 Å². The van der Waals surface area contributed by atoms with Crippen LogP contribution in [0.1, 0.15) is 98.8 Å². The molecule has 0 bridgehead atoms. The number of carbonyl (C=O) groups excluding carboxylic acids is 1. The number of esters is 1. The molecule has 0 aromatic rings. The Hall–Kier alpha value is -0.790. The van der Waals surface area contributed by atoms with Crippen LogP contribution < -0.4 is 0 Å². The molecule has 0 radical (unpaired) electrons. The van der Waals surface area contributed by atoms with Crippen molar-refractivity contribution in [2.45, 2.75) is 98.8 Å². The lowest BCUT2D eigenvalue weighted by atomic mass is 9.88. The Balaban J connectivity index is 3.66. The lowest BCUT2D eigenvalue weighted by molar-refractivity contribution is -0.139. The molecule has 0 aliphatic rings. The van der Waals surface area contributed by atoms with Crippen molar-refractivity contribution in [1.29, 1.82) is 0 Å². The number of ether oxygens (including phenoxy) is 1. The number of rotatable bonds is 15. The van der Waals surface area contributed by atoms with E-state index < -0.39 is 0 Å². The van der Waals surface area contributed by atoms with Gasteiger partial charge in [-0.15, -0.1) is 0 Å². The van der Waals surface area contributed by atoms with Crippen LogP contribution in [0.2, 0.25) is 0 Å². The average molecular weight is 339 g/mol. The quantitative estimate of drug-likeness (QED) is 0.184. The zero-order valence-electron chi connectivity index (χ0n) is 17.0. The van der Waals surface area contributed by atoms with E-state index in [4.69, 9.17) is 4.74 Å². The molecule has 0 aliphatic heterocycles. The van der Waals surface area contributed by atoms with Crippen LogP contribution in [0.3, 0.4) is 0 Å². The van der Waals surface area contributed by atoms with Crippen molar-refractivity contribution in [3.63, 3.8) is 0 Å². The van der Waals surface area contributed by atoms with Crippen molar-refractivity contribution in [1.82, 2.24) is 0 Å². The van der Waals surface area contributed by atoms with Gasteiger partial charge in [-0.2, -0.15) is 0 Å². The molecule has 3 atom stereocenters. The topological polar surface area (TPSA) is 26.3 Å². The van der Waals surface area contributed by atoms with E-state index in [1.54, 1.807) is 6.92 Å². The normalized spacial score (nSPS) is 14.9. The molecule has 0 saturated carbocycles. The van der Waals surface area contributed by atoms with E-state index in [2.05, 4.69) is 34.3 Å². The highest BCUT2D eigenvalue weighted by Gasteiger charge is 2.12. The minimum absolute atomic E-state index is 0.261. The molecule has 2 nitrogen and oxygen atoms in total. The fourth-order valence-corrected chi connectivity index (χ4v) is 3.21. The molecule has 0 aliphatic carbocycles. The molecule has 24 heavy (non-hydrogen) atoms. The lowest BCUT2D eigenvalue weighted by Gasteiger charge is -2.19. The van der Waals surface area contributed by atoms with Crippen LogP contribution in [0.15, 0.2) is 12.2 Å². The minimum atomic E-state index is -0.261. The van der Waals surface area contributed by atoms with E-state index in [1.165, 1.54) is 57.8 Å². The zero-order chi connectivity index (χ0) is 18.4. The van der Waals surface area contributed by atoms with Gasteiger partial charge in [0.2, 0.25) is 0 Å². The van der Waals surface area contributed by atoms with Crippen molar-refractivity contribution < 1.29 is 9.53 Å². The Morgan fingerprint density at radius 2 is 1.46 bits per heavy atom. The fraction of sp³-hybridized carbons (Fsp3) is 0.864. The lowest BCUT2D eigenvalue weighted by Crippen LogP contribution is -2.10. The highest BCUT2D eigenvalue weighted by molar-refractivity contribution is 5.86. The van der Waals surface area contributed by atoms with Crippen molar-refractivity contribution in [3.8, 4) is 0 Å². The Labute approximate surface area is 151 Å². The molecule has 3 unspecified atom stereocenters. The van der Waals surface area contributed by atoms with Gasteiger partial charge < -0.3 is 4.74 Å². The second kappa shape index (κ2) is 14.5. The fourth-order valence-electron chi connectivity index (χ4n) is 3.21. The summed E-state index contributed by atoms with van der Waals surface area (Å²) in [6, 6.07) is 0. The highest BCUT2D eigenvalue weighted by Crippen LogP contribution is 2.24. The van der Waals surface area contributed by atoms with Gasteiger partial charge in [-0.1, -0.05) is 85.6 Å². The molecule has 0 rings (SSSR count). The van der Waals surface area contributed by atoms with E-state index in [-0.39, 0.29) is 5.97 Å². The van der Waals surface area contributed by atoms with E-state index in [1.807, 2.05) is 0 Å². The zero-order valence-corrected chi connectivity index (χ0v) is 17.0. The van der Waals surface area contributed by atoms with Gasteiger partial charge in [0.25, 0.3) is 0 Å². The number of unbranched alkanes of at least 4 members (excludes halogenated alkanes) is 4. The van der Waals surface area contributed by atoms with E-state index in [9.17, 15) is 4.79 Å². The Kier molecular flexibility index (Phi) is 14.1. The molecule has 0 N–H and O–H groups in total. The van der Waals surface area contributed by atoms with Gasteiger partial charge >= 0.3 is 5.97 Å². The maximum absolute atomic E-state index is 11.3. The third kappa shape index (κ3) is 13.6. The number of carbonyl (C=O) groups is 1. The van der Waals surface area contributed by atoms with E-state index in [0.29, 0.717) is 18.1 Å². The largest absolute Gasteiger partial charge is 0.462 e.